The highest BCUT2D eigenvalue weighted by Gasteiger charge is 2.18. The molecule has 0 bridgehead atoms. The lowest BCUT2D eigenvalue weighted by Crippen LogP contribution is -2.31. The maximum atomic E-state index is 12.4. The van der Waals surface area contributed by atoms with E-state index in [9.17, 15) is 4.79 Å². The summed E-state index contributed by atoms with van der Waals surface area (Å²) < 4.78 is 3.08. The fraction of sp³-hybridized carbons (Fsp3) is 0.217. The number of nitrogens with one attached hydrogen (secondary N) is 1. The van der Waals surface area contributed by atoms with E-state index in [4.69, 9.17) is 0 Å². The molecule has 0 fully saturated rings. The summed E-state index contributed by atoms with van der Waals surface area (Å²) in [4.78, 5) is 14.8. The minimum atomic E-state index is -0.108. The predicted octanol–water partition coefficient (Wildman–Crippen LogP) is 3.17. The quantitative estimate of drug-likeness (QED) is 0.573. The number of rotatable bonds is 5. The molecule has 0 spiro atoms. The van der Waals surface area contributed by atoms with Gasteiger partial charge in [0.15, 0.2) is 5.65 Å². The Morgan fingerprint density at radius 2 is 1.72 bits per heavy atom. The molecule has 4 aromatic rings. The van der Waals surface area contributed by atoms with Crippen molar-refractivity contribution >= 4 is 17.0 Å². The number of fused-ring (bicyclic) bond motifs is 2. The minimum absolute atomic E-state index is 0.108. The van der Waals surface area contributed by atoms with E-state index in [1.54, 1.807) is 10.6 Å². The summed E-state index contributed by atoms with van der Waals surface area (Å²) >= 11 is 0. The first kappa shape index (κ1) is 17.6. The van der Waals surface area contributed by atoms with Gasteiger partial charge in [-0.2, -0.15) is 0 Å². The van der Waals surface area contributed by atoms with Crippen LogP contribution in [0.1, 0.15) is 11.1 Å². The van der Waals surface area contributed by atoms with Gasteiger partial charge in [-0.15, -0.1) is 5.10 Å². The van der Waals surface area contributed by atoms with Gasteiger partial charge in [-0.1, -0.05) is 42.5 Å². The van der Waals surface area contributed by atoms with Gasteiger partial charge in [0.05, 0.1) is 17.9 Å². The topological polar surface area (TPSA) is 54.6 Å². The zero-order valence-corrected chi connectivity index (χ0v) is 16.2. The number of hydrogen-bond donors (Lipinski definition) is 1. The van der Waals surface area contributed by atoms with Crippen LogP contribution >= 0.6 is 0 Å². The van der Waals surface area contributed by atoms with Crippen LogP contribution < -0.4 is 15.9 Å². The molecular weight excluding hydrogens is 362 g/mol. The van der Waals surface area contributed by atoms with Gasteiger partial charge in [-0.05, 0) is 41.8 Å². The van der Waals surface area contributed by atoms with Crippen LogP contribution in [-0.4, -0.2) is 27.3 Å². The van der Waals surface area contributed by atoms with Crippen molar-refractivity contribution < 1.29 is 0 Å². The molecule has 1 aliphatic heterocycles. The van der Waals surface area contributed by atoms with Crippen molar-refractivity contribution in [1.29, 1.82) is 0 Å². The molecule has 2 aromatic carbocycles. The molecule has 0 saturated heterocycles. The second-order valence-electron chi connectivity index (χ2n) is 7.32. The molecule has 3 heterocycles. The first-order valence-corrected chi connectivity index (χ1v) is 9.98. The van der Waals surface area contributed by atoms with Crippen molar-refractivity contribution in [2.45, 2.75) is 19.5 Å². The number of anilines is 2. The van der Waals surface area contributed by atoms with Crippen LogP contribution in [0, 0.1) is 0 Å². The van der Waals surface area contributed by atoms with E-state index in [2.05, 4.69) is 57.8 Å². The SMILES string of the molecule is O=c1n(CCNc2ccccc2N2CCc3ccccc3C2)nc2ccccn12. The number of nitrogens with zero attached hydrogens (tertiary/aromatic N) is 4. The van der Waals surface area contributed by atoms with Crippen LogP contribution in [0.5, 0.6) is 0 Å². The van der Waals surface area contributed by atoms with Crippen molar-refractivity contribution in [3.8, 4) is 0 Å². The monoisotopic (exact) mass is 385 g/mol. The fourth-order valence-corrected chi connectivity index (χ4v) is 4.01. The third-order valence-corrected chi connectivity index (χ3v) is 5.50. The maximum absolute atomic E-state index is 12.4. The Balaban J connectivity index is 1.31. The Bertz CT molecular complexity index is 1210. The molecular formula is C23H23N5O. The lowest BCUT2D eigenvalue weighted by molar-refractivity contribution is 0.614. The van der Waals surface area contributed by atoms with E-state index >= 15 is 0 Å². The lowest BCUT2D eigenvalue weighted by atomic mass is 9.99. The van der Waals surface area contributed by atoms with Gasteiger partial charge < -0.3 is 10.2 Å². The highest BCUT2D eigenvalue weighted by Crippen LogP contribution is 2.30. The molecule has 1 N–H and O–H groups in total. The highest BCUT2D eigenvalue weighted by atomic mass is 16.2. The Labute approximate surface area is 169 Å². The summed E-state index contributed by atoms with van der Waals surface area (Å²) in [5, 5.41) is 7.90. The first-order chi connectivity index (χ1) is 14.3. The van der Waals surface area contributed by atoms with E-state index in [1.807, 2.05) is 24.3 Å². The van der Waals surface area contributed by atoms with Crippen LogP contribution in [0.3, 0.4) is 0 Å². The number of hydrogen-bond acceptors (Lipinski definition) is 4. The average molecular weight is 385 g/mol. The van der Waals surface area contributed by atoms with Crippen molar-refractivity contribution in [2.24, 2.45) is 0 Å². The number of para-hydroxylation sites is 2. The summed E-state index contributed by atoms with van der Waals surface area (Å²) in [6.45, 7) is 3.06. The smallest absolute Gasteiger partial charge is 0.350 e. The summed E-state index contributed by atoms with van der Waals surface area (Å²) in [6, 6.07) is 22.6. The number of benzene rings is 2. The summed E-state index contributed by atoms with van der Waals surface area (Å²) in [5.41, 5.74) is 5.69. The number of aromatic nitrogens is 3. The number of pyridine rings is 1. The second-order valence-corrected chi connectivity index (χ2v) is 7.32. The first-order valence-electron chi connectivity index (χ1n) is 9.98. The molecule has 2 aromatic heterocycles. The molecule has 1 aliphatic rings. The Morgan fingerprint density at radius 1 is 0.931 bits per heavy atom. The third kappa shape index (κ3) is 3.38. The van der Waals surface area contributed by atoms with Crippen molar-refractivity contribution in [2.75, 3.05) is 23.3 Å². The van der Waals surface area contributed by atoms with Gasteiger partial charge in [0.1, 0.15) is 0 Å². The molecule has 146 valence electrons. The van der Waals surface area contributed by atoms with Gasteiger partial charge in [-0.3, -0.25) is 4.40 Å². The second kappa shape index (κ2) is 7.47. The molecule has 5 rings (SSSR count). The van der Waals surface area contributed by atoms with Gasteiger partial charge in [0, 0.05) is 25.8 Å². The maximum Gasteiger partial charge on any atom is 0.350 e. The Hall–Kier alpha value is -3.54. The molecule has 0 aliphatic carbocycles. The van der Waals surface area contributed by atoms with Crippen LogP contribution in [0.4, 0.5) is 11.4 Å². The molecule has 29 heavy (non-hydrogen) atoms. The van der Waals surface area contributed by atoms with Gasteiger partial charge in [0.25, 0.3) is 0 Å². The van der Waals surface area contributed by atoms with E-state index < -0.39 is 0 Å². The molecule has 6 heteroatoms. The van der Waals surface area contributed by atoms with Gasteiger partial charge in [-0.25, -0.2) is 9.48 Å². The third-order valence-electron chi connectivity index (χ3n) is 5.50. The normalized spacial score (nSPS) is 13.4. The molecule has 0 amide bonds. The highest BCUT2D eigenvalue weighted by molar-refractivity contribution is 5.70. The molecule has 0 unspecified atom stereocenters. The molecule has 0 atom stereocenters. The standard InChI is InChI=1S/C23H23N5O/c29-23-27-14-6-5-11-22(27)25-28(23)16-13-24-20-9-3-4-10-21(20)26-15-12-18-7-1-2-8-19(18)17-26/h1-11,14,24H,12-13,15-17H2. The summed E-state index contributed by atoms with van der Waals surface area (Å²) in [7, 11) is 0. The summed E-state index contributed by atoms with van der Waals surface area (Å²) in [5.74, 6) is 0. The van der Waals surface area contributed by atoms with E-state index in [0.717, 1.165) is 25.2 Å². The lowest BCUT2D eigenvalue weighted by Gasteiger charge is -2.32. The van der Waals surface area contributed by atoms with Crippen LogP contribution in [-0.2, 0) is 19.5 Å². The Kier molecular flexibility index (Phi) is 4.52. The zero-order chi connectivity index (χ0) is 19.6. The van der Waals surface area contributed by atoms with Crippen molar-refractivity contribution in [1.82, 2.24) is 14.2 Å². The van der Waals surface area contributed by atoms with E-state index in [0.29, 0.717) is 18.7 Å². The predicted molar refractivity (Wildman–Crippen MR) is 116 cm³/mol. The molecule has 0 radical (unpaired) electrons. The van der Waals surface area contributed by atoms with Gasteiger partial charge in [0.2, 0.25) is 0 Å². The fourth-order valence-electron chi connectivity index (χ4n) is 4.01. The van der Waals surface area contributed by atoms with Crippen molar-refractivity contribution in [3.63, 3.8) is 0 Å². The van der Waals surface area contributed by atoms with Crippen LogP contribution in [0.25, 0.3) is 5.65 Å². The minimum Gasteiger partial charge on any atom is -0.382 e. The van der Waals surface area contributed by atoms with Crippen LogP contribution in [0.2, 0.25) is 0 Å². The van der Waals surface area contributed by atoms with Crippen LogP contribution in [0.15, 0.2) is 77.7 Å². The average Bonchev–Trinajstić information content (AvgIpc) is 3.09. The van der Waals surface area contributed by atoms with Gasteiger partial charge >= 0.3 is 5.69 Å². The zero-order valence-electron chi connectivity index (χ0n) is 16.2. The molecule has 0 saturated carbocycles. The van der Waals surface area contributed by atoms with E-state index in [1.165, 1.54) is 21.5 Å². The summed E-state index contributed by atoms with van der Waals surface area (Å²) in [6.07, 6.45) is 2.80. The Morgan fingerprint density at radius 3 is 2.62 bits per heavy atom. The van der Waals surface area contributed by atoms with Crippen molar-refractivity contribution in [3.05, 3.63) is 94.5 Å². The van der Waals surface area contributed by atoms with E-state index in [-0.39, 0.29) is 5.69 Å². The molecule has 6 nitrogen and oxygen atoms in total. The largest absolute Gasteiger partial charge is 0.382 e.